The zero-order valence-corrected chi connectivity index (χ0v) is 7.53. The Balaban J connectivity index is 2.40. The number of hydrogen-bond donors (Lipinski definition) is 1. The van der Waals surface area contributed by atoms with Gasteiger partial charge in [0.15, 0.2) is 6.29 Å². The van der Waals surface area contributed by atoms with Crippen molar-refractivity contribution in [2.24, 2.45) is 0 Å². The highest BCUT2D eigenvalue weighted by Gasteiger charge is 2.30. The first-order chi connectivity index (χ1) is 5.77. The van der Waals surface area contributed by atoms with E-state index in [2.05, 4.69) is 0 Å². The van der Waals surface area contributed by atoms with E-state index in [-0.39, 0.29) is 12.4 Å². The minimum absolute atomic E-state index is 0.135. The van der Waals surface area contributed by atoms with Gasteiger partial charge < -0.3 is 19.3 Å². The molecule has 0 aromatic rings. The molecular formula is C8H16O4. The standard InChI is InChI=1S/C8H16O4/c1-3-11-7-4-6(9)5-12-8(7)10-2/h6-9H,3-5H2,1-2H3. The van der Waals surface area contributed by atoms with Crippen LogP contribution in [0, 0.1) is 0 Å². The molecular weight excluding hydrogens is 160 g/mol. The van der Waals surface area contributed by atoms with E-state index in [1.807, 2.05) is 6.92 Å². The Bertz CT molecular complexity index is 128. The van der Waals surface area contributed by atoms with Crippen LogP contribution in [0.3, 0.4) is 0 Å². The molecule has 0 radical (unpaired) electrons. The van der Waals surface area contributed by atoms with E-state index in [1.54, 1.807) is 7.11 Å². The number of methoxy groups -OCH3 is 1. The molecule has 4 heteroatoms. The lowest BCUT2D eigenvalue weighted by Crippen LogP contribution is -2.43. The molecule has 1 saturated heterocycles. The maximum absolute atomic E-state index is 9.26. The first-order valence-corrected chi connectivity index (χ1v) is 4.22. The molecule has 1 fully saturated rings. The Hall–Kier alpha value is -0.160. The normalized spacial score (nSPS) is 36.8. The summed E-state index contributed by atoms with van der Waals surface area (Å²) in [4.78, 5) is 0. The van der Waals surface area contributed by atoms with Crippen LogP contribution in [0.4, 0.5) is 0 Å². The van der Waals surface area contributed by atoms with Gasteiger partial charge in [-0.25, -0.2) is 0 Å². The topological polar surface area (TPSA) is 47.9 Å². The van der Waals surface area contributed by atoms with Gasteiger partial charge in [0.05, 0.1) is 12.7 Å². The highest BCUT2D eigenvalue weighted by Crippen LogP contribution is 2.17. The summed E-state index contributed by atoms with van der Waals surface area (Å²) in [5.41, 5.74) is 0. The molecule has 1 rings (SSSR count). The van der Waals surface area contributed by atoms with Gasteiger partial charge in [0.1, 0.15) is 6.10 Å². The molecule has 4 nitrogen and oxygen atoms in total. The fraction of sp³-hybridized carbons (Fsp3) is 1.00. The molecule has 3 unspecified atom stereocenters. The number of ether oxygens (including phenoxy) is 3. The van der Waals surface area contributed by atoms with Gasteiger partial charge in [-0.05, 0) is 6.92 Å². The molecule has 1 N–H and O–H groups in total. The maximum atomic E-state index is 9.26. The van der Waals surface area contributed by atoms with Crippen molar-refractivity contribution in [3.8, 4) is 0 Å². The lowest BCUT2D eigenvalue weighted by Gasteiger charge is -2.32. The molecule has 0 bridgehead atoms. The number of rotatable bonds is 3. The second kappa shape index (κ2) is 4.77. The van der Waals surface area contributed by atoms with Crippen molar-refractivity contribution in [2.75, 3.05) is 20.3 Å². The van der Waals surface area contributed by atoms with Crippen LogP contribution in [-0.4, -0.2) is 43.9 Å². The van der Waals surface area contributed by atoms with E-state index in [1.165, 1.54) is 0 Å². The number of aliphatic hydroxyl groups is 1. The smallest absolute Gasteiger partial charge is 0.183 e. The first-order valence-electron chi connectivity index (χ1n) is 4.22. The van der Waals surface area contributed by atoms with Gasteiger partial charge in [-0.15, -0.1) is 0 Å². The van der Waals surface area contributed by atoms with Crippen molar-refractivity contribution < 1.29 is 19.3 Å². The predicted molar refractivity (Wildman–Crippen MR) is 42.8 cm³/mol. The Kier molecular flexibility index (Phi) is 3.94. The monoisotopic (exact) mass is 176 g/mol. The third-order valence-electron chi connectivity index (χ3n) is 1.87. The second-order valence-corrected chi connectivity index (χ2v) is 2.82. The summed E-state index contributed by atoms with van der Waals surface area (Å²) in [5.74, 6) is 0. The van der Waals surface area contributed by atoms with Crippen LogP contribution < -0.4 is 0 Å². The van der Waals surface area contributed by atoms with Crippen molar-refractivity contribution >= 4 is 0 Å². The average Bonchev–Trinajstić information content (AvgIpc) is 2.05. The van der Waals surface area contributed by atoms with Crippen LogP contribution in [0.2, 0.25) is 0 Å². The van der Waals surface area contributed by atoms with Crippen molar-refractivity contribution in [3.05, 3.63) is 0 Å². The summed E-state index contributed by atoms with van der Waals surface area (Å²) in [5, 5.41) is 9.26. The van der Waals surface area contributed by atoms with Gasteiger partial charge >= 0.3 is 0 Å². The Morgan fingerprint density at radius 1 is 1.58 bits per heavy atom. The third-order valence-corrected chi connectivity index (χ3v) is 1.87. The molecule has 72 valence electrons. The van der Waals surface area contributed by atoms with Crippen molar-refractivity contribution in [1.82, 2.24) is 0 Å². The van der Waals surface area contributed by atoms with Gasteiger partial charge in [-0.2, -0.15) is 0 Å². The van der Waals surface area contributed by atoms with Gasteiger partial charge in [-0.1, -0.05) is 0 Å². The summed E-state index contributed by atoms with van der Waals surface area (Å²) in [6.07, 6.45) is -0.295. The van der Waals surface area contributed by atoms with Crippen molar-refractivity contribution in [3.63, 3.8) is 0 Å². The van der Waals surface area contributed by atoms with Gasteiger partial charge in [0.25, 0.3) is 0 Å². The molecule has 1 aliphatic rings. The maximum Gasteiger partial charge on any atom is 0.183 e. The quantitative estimate of drug-likeness (QED) is 0.664. The zero-order chi connectivity index (χ0) is 8.97. The lowest BCUT2D eigenvalue weighted by molar-refractivity contribution is -0.236. The summed E-state index contributed by atoms with van der Waals surface area (Å²) in [6.45, 7) is 2.86. The Labute approximate surface area is 72.4 Å². The summed E-state index contributed by atoms with van der Waals surface area (Å²) < 4.78 is 15.6. The number of aliphatic hydroxyl groups excluding tert-OH is 1. The van der Waals surface area contributed by atoms with E-state index < -0.39 is 6.10 Å². The van der Waals surface area contributed by atoms with Crippen LogP contribution in [0.15, 0.2) is 0 Å². The van der Waals surface area contributed by atoms with E-state index in [9.17, 15) is 5.11 Å². The summed E-state index contributed by atoms with van der Waals surface area (Å²) in [6, 6.07) is 0. The average molecular weight is 176 g/mol. The van der Waals surface area contributed by atoms with Crippen LogP contribution in [0.5, 0.6) is 0 Å². The molecule has 3 atom stereocenters. The SMILES string of the molecule is CCOC1CC(O)COC1OC. The lowest BCUT2D eigenvalue weighted by atomic mass is 10.1. The molecule has 0 aromatic carbocycles. The summed E-state index contributed by atoms with van der Waals surface area (Å²) >= 11 is 0. The second-order valence-electron chi connectivity index (χ2n) is 2.82. The van der Waals surface area contributed by atoms with Crippen LogP contribution in [0.25, 0.3) is 0 Å². The fourth-order valence-corrected chi connectivity index (χ4v) is 1.34. The first kappa shape index (κ1) is 9.92. The molecule has 0 saturated carbocycles. The van der Waals surface area contributed by atoms with Gasteiger partial charge in [-0.3, -0.25) is 0 Å². The Morgan fingerprint density at radius 2 is 2.33 bits per heavy atom. The molecule has 1 heterocycles. The molecule has 0 amide bonds. The van der Waals surface area contributed by atoms with Gasteiger partial charge in [0.2, 0.25) is 0 Å². The van der Waals surface area contributed by atoms with Crippen LogP contribution in [0.1, 0.15) is 13.3 Å². The molecule has 0 spiro atoms. The summed E-state index contributed by atoms with van der Waals surface area (Å²) in [7, 11) is 1.58. The zero-order valence-electron chi connectivity index (χ0n) is 7.53. The molecule has 0 aliphatic carbocycles. The highest BCUT2D eigenvalue weighted by atomic mass is 16.7. The van der Waals surface area contributed by atoms with E-state index in [4.69, 9.17) is 14.2 Å². The largest absolute Gasteiger partial charge is 0.391 e. The van der Waals surface area contributed by atoms with Crippen LogP contribution >= 0.6 is 0 Å². The molecule has 1 aliphatic heterocycles. The minimum atomic E-state index is -0.423. The van der Waals surface area contributed by atoms with Gasteiger partial charge in [0, 0.05) is 20.1 Å². The highest BCUT2D eigenvalue weighted by molar-refractivity contribution is 4.73. The molecule has 12 heavy (non-hydrogen) atoms. The molecule has 0 aromatic heterocycles. The van der Waals surface area contributed by atoms with Crippen molar-refractivity contribution in [2.45, 2.75) is 31.8 Å². The van der Waals surface area contributed by atoms with E-state index in [0.29, 0.717) is 19.6 Å². The fourth-order valence-electron chi connectivity index (χ4n) is 1.34. The van der Waals surface area contributed by atoms with Crippen LogP contribution in [-0.2, 0) is 14.2 Å². The Morgan fingerprint density at radius 3 is 2.92 bits per heavy atom. The van der Waals surface area contributed by atoms with E-state index >= 15 is 0 Å². The third kappa shape index (κ3) is 2.42. The predicted octanol–water partition coefficient (Wildman–Crippen LogP) is 0.145. The van der Waals surface area contributed by atoms with Crippen molar-refractivity contribution in [1.29, 1.82) is 0 Å². The number of hydrogen-bond acceptors (Lipinski definition) is 4. The minimum Gasteiger partial charge on any atom is -0.391 e. The van der Waals surface area contributed by atoms with E-state index in [0.717, 1.165) is 0 Å².